The molecule has 2 heterocycles. The van der Waals surface area contributed by atoms with Crippen LogP contribution in [0.5, 0.6) is 11.6 Å². The van der Waals surface area contributed by atoms with Gasteiger partial charge in [0.15, 0.2) is 5.96 Å². The SMILES string of the molecule is CCNC(=NCc1cccnc1Oc1cccc(F)c1)N1CCCC(CC(N)=O)C1. The number of nitrogens with two attached hydrogens (primary N) is 1. The fourth-order valence-electron chi connectivity index (χ4n) is 3.57. The fraction of sp³-hybridized carbons (Fsp3) is 0.409. The molecule has 1 unspecified atom stereocenters. The second-order valence-electron chi connectivity index (χ2n) is 7.32. The van der Waals surface area contributed by atoms with E-state index in [0.29, 0.717) is 24.6 Å². The molecule has 1 aliphatic rings. The lowest BCUT2D eigenvalue weighted by molar-refractivity contribution is -0.119. The number of benzene rings is 1. The quantitative estimate of drug-likeness (QED) is 0.538. The summed E-state index contributed by atoms with van der Waals surface area (Å²) in [5, 5.41) is 3.32. The second-order valence-corrected chi connectivity index (χ2v) is 7.32. The van der Waals surface area contributed by atoms with Crippen molar-refractivity contribution in [3.8, 4) is 11.6 Å². The molecular formula is C22H28FN5O2. The maximum absolute atomic E-state index is 13.5. The van der Waals surface area contributed by atoms with Gasteiger partial charge in [-0.25, -0.2) is 14.4 Å². The number of ether oxygens (including phenoxy) is 1. The van der Waals surface area contributed by atoms with Gasteiger partial charge in [0.2, 0.25) is 11.8 Å². The number of guanidine groups is 1. The van der Waals surface area contributed by atoms with Gasteiger partial charge in [0.05, 0.1) is 6.54 Å². The Morgan fingerprint density at radius 1 is 1.40 bits per heavy atom. The highest BCUT2D eigenvalue weighted by Gasteiger charge is 2.23. The van der Waals surface area contributed by atoms with Gasteiger partial charge in [0.25, 0.3) is 0 Å². The molecule has 1 fully saturated rings. The first-order valence-corrected chi connectivity index (χ1v) is 10.2. The Morgan fingerprint density at radius 2 is 2.27 bits per heavy atom. The Bertz CT molecular complexity index is 889. The van der Waals surface area contributed by atoms with E-state index in [1.807, 2.05) is 19.1 Å². The summed E-state index contributed by atoms with van der Waals surface area (Å²) in [7, 11) is 0. The van der Waals surface area contributed by atoms with E-state index < -0.39 is 0 Å². The Balaban J connectivity index is 1.74. The molecule has 0 saturated carbocycles. The van der Waals surface area contributed by atoms with E-state index in [9.17, 15) is 9.18 Å². The van der Waals surface area contributed by atoms with Crippen molar-refractivity contribution >= 4 is 11.9 Å². The molecule has 3 rings (SSSR count). The van der Waals surface area contributed by atoms with Crippen LogP contribution in [0.3, 0.4) is 0 Å². The van der Waals surface area contributed by atoms with E-state index in [1.54, 1.807) is 18.3 Å². The molecule has 0 spiro atoms. The number of pyridine rings is 1. The highest BCUT2D eigenvalue weighted by Crippen LogP contribution is 2.24. The number of hydrogen-bond acceptors (Lipinski definition) is 4. The third kappa shape index (κ3) is 6.17. The van der Waals surface area contributed by atoms with Crippen molar-refractivity contribution in [3.05, 3.63) is 54.0 Å². The zero-order chi connectivity index (χ0) is 21.3. The molecule has 7 nitrogen and oxygen atoms in total. The molecular weight excluding hydrogens is 385 g/mol. The average Bonchev–Trinajstić information content (AvgIpc) is 2.72. The predicted octanol–water partition coefficient (Wildman–Crippen LogP) is 3.07. The number of amides is 1. The van der Waals surface area contributed by atoms with E-state index in [0.717, 1.165) is 44.0 Å². The minimum absolute atomic E-state index is 0.241. The summed E-state index contributed by atoms with van der Waals surface area (Å²) < 4.78 is 19.2. The van der Waals surface area contributed by atoms with Gasteiger partial charge in [-0.05, 0) is 43.9 Å². The molecule has 1 aromatic heterocycles. The van der Waals surface area contributed by atoms with E-state index in [4.69, 9.17) is 15.5 Å². The van der Waals surface area contributed by atoms with Crippen LogP contribution in [0.15, 0.2) is 47.6 Å². The molecule has 1 saturated heterocycles. The van der Waals surface area contributed by atoms with Crippen LogP contribution in [0.2, 0.25) is 0 Å². The van der Waals surface area contributed by atoms with Crippen LogP contribution < -0.4 is 15.8 Å². The molecule has 3 N–H and O–H groups in total. The smallest absolute Gasteiger partial charge is 0.224 e. The van der Waals surface area contributed by atoms with Crippen molar-refractivity contribution in [1.29, 1.82) is 0 Å². The van der Waals surface area contributed by atoms with Gasteiger partial charge in [0, 0.05) is 43.9 Å². The lowest BCUT2D eigenvalue weighted by Gasteiger charge is -2.34. The summed E-state index contributed by atoms with van der Waals surface area (Å²) in [6.45, 7) is 4.73. The molecule has 2 aromatic rings. The number of aromatic nitrogens is 1. The Hall–Kier alpha value is -3.16. The Labute approximate surface area is 176 Å². The van der Waals surface area contributed by atoms with Gasteiger partial charge in [-0.15, -0.1) is 0 Å². The number of likely N-dealkylation sites (tertiary alicyclic amines) is 1. The average molecular weight is 413 g/mol. The van der Waals surface area contributed by atoms with Crippen LogP contribution in [0.1, 0.15) is 31.7 Å². The van der Waals surface area contributed by atoms with Gasteiger partial charge in [0.1, 0.15) is 11.6 Å². The number of aliphatic imine (C=N–C) groups is 1. The van der Waals surface area contributed by atoms with Gasteiger partial charge >= 0.3 is 0 Å². The maximum atomic E-state index is 13.5. The maximum Gasteiger partial charge on any atom is 0.224 e. The van der Waals surface area contributed by atoms with E-state index in [-0.39, 0.29) is 17.6 Å². The lowest BCUT2D eigenvalue weighted by atomic mass is 9.95. The Kier molecular flexibility index (Phi) is 7.59. The molecule has 1 amide bonds. The monoisotopic (exact) mass is 413 g/mol. The van der Waals surface area contributed by atoms with Gasteiger partial charge in [-0.3, -0.25) is 4.79 Å². The first-order valence-electron chi connectivity index (χ1n) is 10.2. The number of carbonyl (C=O) groups is 1. The molecule has 30 heavy (non-hydrogen) atoms. The molecule has 1 aromatic carbocycles. The molecule has 0 aliphatic carbocycles. The first-order chi connectivity index (χ1) is 14.5. The lowest BCUT2D eigenvalue weighted by Crippen LogP contribution is -2.47. The minimum Gasteiger partial charge on any atom is -0.439 e. The zero-order valence-corrected chi connectivity index (χ0v) is 17.2. The molecule has 0 bridgehead atoms. The van der Waals surface area contributed by atoms with E-state index >= 15 is 0 Å². The number of piperidine rings is 1. The van der Waals surface area contributed by atoms with Gasteiger partial charge in [-0.2, -0.15) is 0 Å². The molecule has 0 radical (unpaired) electrons. The van der Waals surface area contributed by atoms with Crippen LogP contribution in [-0.2, 0) is 11.3 Å². The van der Waals surface area contributed by atoms with Crippen molar-refractivity contribution in [1.82, 2.24) is 15.2 Å². The van der Waals surface area contributed by atoms with Crippen LogP contribution >= 0.6 is 0 Å². The number of rotatable bonds is 7. The number of carbonyl (C=O) groups excluding carboxylic acids is 1. The first kappa shape index (κ1) is 21.5. The summed E-state index contributed by atoms with van der Waals surface area (Å²) in [6, 6.07) is 9.66. The van der Waals surface area contributed by atoms with Crippen molar-refractivity contribution in [3.63, 3.8) is 0 Å². The molecule has 8 heteroatoms. The summed E-state index contributed by atoms with van der Waals surface area (Å²) in [5.41, 5.74) is 6.17. The fourth-order valence-corrected chi connectivity index (χ4v) is 3.57. The van der Waals surface area contributed by atoms with Crippen LogP contribution in [0.4, 0.5) is 4.39 Å². The van der Waals surface area contributed by atoms with E-state index in [1.165, 1.54) is 12.1 Å². The van der Waals surface area contributed by atoms with Crippen LogP contribution in [-0.4, -0.2) is 41.4 Å². The number of primary amides is 1. The van der Waals surface area contributed by atoms with Gasteiger partial charge in [-0.1, -0.05) is 12.1 Å². The predicted molar refractivity (Wildman–Crippen MR) is 114 cm³/mol. The largest absolute Gasteiger partial charge is 0.439 e. The standard InChI is InChI=1S/C22H28FN5O2/c1-2-25-22(28-11-5-6-16(15-28)12-20(24)29)27-14-17-7-4-10-26-21(17)30-19-9-3-8-18(23)13-19/h3-4,7-10,13,16H,2,5-6,11-12,14-15H2,1H3,(H2,24,29)(H,25,27). The number of nitrogens with zero attached hydrogens (tertiary/aromatic N) is 3. The van der Waals surface area contributed by atoms with Crippen molar-refractivity contribution < 1.29 is 13.9 Å². The third-order valence-electron chi connectivity index (χ3n) is 4.90. The molecule has 1 atom stereocenters. The topological polar surface area (TPSA) is 92.8 Å². The summed E-state index contributed by atoms with van der Waals surface area (Å²) in [5.74, 6) is 1.17. The summed E-state index contributed by atoms with van der Waals surface area (Å²) >= 11 is 0. The summed E-state index contributed by atoms with van der Waals surface area (Å²) in [4.78, 5) is 22.5. The van der Waals surface area contributed by atoms with Crippen molar-refractivity contribution in [2.24, 2.45) is 16.6 Å². The number of hydrogen-bond donors (Lipinski definition) is 2. The highest BCUT2D eigenvalue weighted by atomic mass is 19.1. The minimum atomic E-state index is -0.368. The highest BCUT2D eigenvalue weighted by molar-refractivity contribution is 5.80. The number of halogens is 1. The van der Waals surface area contributed by atoms with Crippen LogP contribution in [0.25, 0.3) is 0 Å². The molecule has 1 aliphatic heterocycles. The second kappa shape index (κ2) is 10.6. The third-order valence-corrected chi connectivity index (χ3v) is 4.90. The summed E-state index contributed by atoms with van der Waals surface area (Å²) in [6.07, 6.45) is 4.01. The van der Waals surface area contributed by atoms with Gasteiger partial charge < -0.3 is 20.7 Å². The zero-order valence-electron chi connectivity index (χ0n) is 17.2. The Morgan fingerprint density at radius 3 is 3.03 bits per heavy atom. The van der Waals surface area contributed by atoms with Crippen LogP contribution in [0, 0.1) is 11.7 Å². The van der Waals surface area contributed by atoms with Crippen molar-refractivity contribution in [2.45, 2.75) is 32.7 Å². The van der Waals surface area contributed by atoms with Crippen molar-refractivity contribution in [2.75, 3.05) is 19.6 Å². The van der Waals surface area contributed by atoms with E-state index in [2.05, 4.69) is 15.2 Å². The normalized spacial score (nSPS) is 16.9. The molecule has 160 valence electrons. The number of nitrogens with one attached hydrogen (secondary N) is 1.